The third-order valence-electron chi connectivity index (χ3n) is 3.84. The Hall–Kier alpha value is -2.78. The lowest BCUT2D eigenvalue weighted by molar-refractivity contribution is -0.113. The number of nitrogens with zero attached hydrogens (tertiary/aromatic N) is 2. The molecule has 0 aliphatic carbocycles. The van der Waals surface area contributed by atoms with Crippen LogP contribution in [0.1, 0.15) is 18.1 Å². The summed E-state index contributed by atoms with van der Waals surface area (Å²) in [5, 5.41) is 13.2. The molecule has 0 spiro atoms. The molecule has 2 aromatic carbocycles. The number of hydrogen-bond donors (Lipinski definition) is 1. The number of hydrogen-bond acceptors (Lipinski definition) is 5. The lowest BCUT2D eigenvalue weighted by Crippen LogP contribution is -2.13. The average Bonchev–Trinajstić information content (AvgIpc) is 3.04. The van der Waals surface area contributed by atoms with E-state index in [4.69, 9.17) is 9.68 Å². The summed E-state index contributed by atoms with van der Waals surface area (Å²) in [4.78, 5) is 16.3. The maximum Gasteiger partial charge on any atom is 0.235 e. The first-order valence-corrected chi connectivity index (χ1v) is 8.90. The molecule has 126 valence electrons. The molecule has 0 radical (unpaired) electrons. The molecule has 0 fully saturated rings. The molecule has 25 heavy (non-hydrogen) atoms. The van der Waals surface area contributed by atoms with E-state index in [2.05, 4.69) is 29.4 Å². The Morgan fingerprint density at radius 1 is 1.32 bits per heavy atom. The van der Waals surface area contributed by atoms with Crippen LogP contribution in [0.15, 0.2) is 40.8 Å². The molecule has 0 unspecified atom stereocenters. The van der Waals surface area contributed by atoms with Crippen molar-refractivity contribution in [2.45, 2.75) is 20.3 Å². The maximum absolute atomic E-state index is 11.8. The van der Waals surface area contributed by atoms with Crippen LogP contribution < -0.4 is 5.32 Å². The number of anilines is 1. The van der Waals surface area contributed by atoms with Crippen LogP contribution in [0.5, 0.6) is 0 Å². The topological polar surface area (TPSA) is 78.9 Å². The van der Waals surface area contributed by atoms with Crippen molar-refractivity contribution in [1.82, 2.24) is 4.98 Å². The lowest BCUT2D eigenvalue weighted by atomic mass is 10.1. The number of nitriles is 1. The quantitative estimate of drug-likeness (QED) is 0.684. The predicted molar refractivity (Wildman–Crippen MR) is 100 cm³/mol. The van der Waals surface area contributed by atoms with Crippen LogP contribution in [0, 0.1) is 17.6 Å². The number of aryl methyl sites for hydroxylation is 2. The van der Waals surface area contributed by atoms with Gasteiger partial charge in [-0.15, -0.1) is 0 Å². The van der Waals surface area contributed by atoms with Crippen LogP contribution in [-0.4, -0.2) is 16.6 Å². The first-order valence-electron chi connectivity index (χ1n) is 7.92. The fourth-order valence-corrected chi connectivity index (χ4v) is 2.84. The van der Waals surface area contributed by atoms with Gasteiger partial charge < -0.3 is 9.73 Å². The zero-order valence-corrected chi connectivity index (χ0v) is 14.8. The van der Waals surface area contributed by atoms with Gasteiger partial charge in [0.25, 0.3) is 0 Å². The van der Waals surface area contributed by atoms with Gasteiger partial charge in [-0.3, -0.25) is 4.79 Å². The Kier molecular flexibility index (Phi) is 5.05. The van der Waals surface area contributed by atoms with Crippen molar-refractivity contribution in [1.29, 1.82) is 5.26 Å². The number of thiocyanates is 1. The molecular weight excluding hydrogens is 334 g/mol. The summed E-state index contributed by atoms with van der Waals surface area (Å²) in [5.74, 6) is 0.440. The number of rotatable bonds is 5. The van der Waals surface area contributed by atoms with Gasteiger partial charge in [0.1, 0.15) is 10.9 Å². The summed E-state index contributed by atoms with van der Waals surface area (Å²) in [5.41, 5.74) is 5.12. The second-order valence-corrected chi connectivity index (χ2v) is 6.40. The molecule has 1 heterocycles. The normalized spacial score (nSPS) is 10.6. The van der Waals surface area contributed by atoms with E-state index in [1.807, 2.05) is 30.5 Å². The van der Waals surface area contributed by atoms with Gasteiger partial charge in [-0.1, -0.05) is 19.1 Å². The van der Waals surface area contributed by atoms with Gasteiger partial charge in [-0.05, 0) is 60.5 Å². The SMILES string of the molecule is CCc1ccc(-c2nc3cc(NC(=O)CSC#N)cc(C)c3o2)cc1. The third-order valence-corrected chi connectivity index (χ3v) is 4.37. The molecule has 3 rings (SSSR count). The molecule has 1 N–H and O–H groups in total. The minimum absolute atomic E-state index is 0.0986. The highest BCUT2D eigenvalue weighted by Crippen LogP contribution is 2.29. The van der Waals surface area contributed by atoms with E-state index in [0.29, 0.717) is 22.7 Å². The summed E-state index contributed by atoms with van der Waals surface area (Å²) in [6.45, 7) is 4.03. The van der Waals surface area contributed by atoms with E-state index in [0.717, 1.165) is 29.3 Å². The van der Waals surface area contributed by atoms with Crippen molar-refractivity contribution in [3.63, 3.8) is 0 Å². The summed E-state index contributed by atoms with van der Waals surface area (Å²) in [6.07, 6.45) is 0.986. The zero-order valence-electron chi connectivity index (χ0n) is 14.0. The number of benzene rings is 2. The minimum atomic E-state index is -0.218. The fraction of sp³-hybridized carbons (Fsp3) is 0.211. The largest absolute Gasteiger partial charge is 0.436 e. The zero-order chi connectivity index (χ0) is 17.8. The molecule has 0 aliphatic rings. The van der Waals surface area contributed by atoms with Gasteiger partial charge in [0.15, 0.2) is 5.58 Å². The molecule has 0 aliphatic heterocycles. The van der Waals surface area contributed by atoms with Crippen LogP contribution in [0.4, 0.5) is 5.69 Å². The van der Waals surface area contributed by atoms with Crippen molar-refractivity contribution in [3.05, 3.63) is 47.5 Å². The Bertz CT molecular complexity index is 955. The van der Waals surface area contributed by atoms with E-state index in [-0.39, 0.29) is 11.7 Å². The number of thioether (sulfide) groups is 1. The smallest absolute Gasteiger partial charge is 0.235 e. The monoisotopic (exact) mass is 351 g/mol. The molecule has 1 amide bonds. The highest BCUT2D eigenvalue weighted by atomic mass is 32.2. The summed E-state index contributed by atoms with van der Waals surface area (Å²) < 4.78 is 5.91. The second kappa shape index (κ2) is 7.41. The number of amides is 1. The molecule has 0 saturated carbocycles. The minimum Gasteiger partial charge on any atom is -0.436 e. The number of carbonyl (C=O) groups excluding carboxylic acids is 1. The Labute approximate surface area is 150 Å². The second-order valence-electron chi connectivity index (χ2n) is 5.64. The first-order chi connectivity index (χ1) is 12.1. The Balaban J connectivity index is 1.90. The van der Waals surface area contributed by atoms with Gasteiger partial charge in [-0.25, -0.2) is 4.98 Å². The Morgan fingerprint density at radius 2 is 2.08 bits per heavy atom. The summed E-state index contributed by atoms with van der Waals surface area (Å²) in [6, 6.07) is 11.8. The van der Waals surface area contributed by atoms with Gasteiger partial charge in [0.2, 0.25) is 11.8 Å². The van der Waals surface area contributed by atoms with Crippen molar-refractivity contribution in [3.8, 4) is 16.9 Å². The van der Waals surface area contributed by atoms with Crippen LogP contribution in [0.25, 0.3) is 22.6 Å². The van der Waals surface area contributed by atoms with E-state index in [1.165, 1.54) is 5.56 Å². The van der Waals surface area contributed by atoms with Crippen LogP contribution in [0.2, 0.25) is 0 Å². The molecule has 6 heteroatoms. The van der Waals surface area contributed by atoms with Crippen molar-refractivity contribution >= 4 is 34.5 Å². The average molecular weight is 351 g/mol. The van der Waals surface area contributed by atoms with Crippen molar-refractivity contribution in [2.24, 2.45) is 0 Å². The number of nitrogens with one attached hydrogen (secondary N) is 1. The highest BCUT2D eigenvalue weighted by molar-refractivity contribution is 8.04. The molecule has 0 saturated heterocycles. The van der Waals surface area contributed by atoms with E-state index in [9.17, 15) is 4.79 Å². The summed E-state index contributed by atoms with van der Waals surface area (Å²) >= 11 is 0.907. The van der Waals surface area contributed by atoms with Crippen LogP contribution in [-0.2, 0) is 11.2 Å². The lowest BCUT2D eigenvalue weighted by Gasteiger charge is -2.04. The molecule has 0 bridgehead atoms. The number of oxazole rings is 1. The molecular formula is C19H17N3O2S. The molecule has 1 aromatic heterocycles. The van der Waals surface area contributed by atoms with Crippen molar-refractivity contribution < 1.29 is 9.21 Å². The van der Waals surface area contributed by atoms with Gasteiger partial charge >= 0.3 is 0 Å². The number of carbonyl (C=O) groups is 1. The van der Waals surface area contributed by atoms with Gasteiger partial charge in [-0.2, -0.15) is 5.26 Å². The molecule has 0 atom stereocenters. The van der Waals surface area contributed by atoms with Crippen LogP contribution in [0.3, 0.4) is 0 Å². The standard InChI is InChI=1S/C19H17N3O2S/c1-3-13-4-6-14(7-5-13)19-22-16-9-15(8-12(2)18(16)24-19)21-17(23)10-25-11-20/h4-9H,3,10H2,1-2H3,(H,21,23). The number of fused-ring (bicyclic) bond motifs is 1. The predicted octanol–water partition coefficient (Wildman–Crippen LogP) is 4.52. The third kappa shape index (κ3) is 3.83. The van der Waals surface area contributed by atoms with Crippen molar-refractivity contribution in [2.75, 3.05) is 11.1 Å². The maximum atomic E-state index is 11.8. The first kappa shape index (κ1) is 17.1. The van der Waals surface area contributed by atoms with Gasteiger partial charge in [0, 0.05) is 11.3 Å². The Morgan fingerprint density at radius 3 is 2.76 bits per heavy atom. The number of aromatic nitrogens is 1. The highest BCUT2D eigenvalue weighted by Gasteiger charge is 2.12. The fourth-order valence-electron chi connectivity index (χ4n) is 2.57. The van der Waals surface area contributed by atoms with E-state index < -0.39 is 0 Å². The molecule has 3 aromatic rings. The van der Waals surface area contributed by atoms with E-state index >= 15 is 0 Å². The summed E-state index contributed by atoms with van der Waals surface area (Å²) in [7, 11) is 0. The molecule has 5 nitrogen and oxygen atoms in total. The van der Waals surface area contributed by atoms with Crippen LogP contribution >= 0.6 is 11.8 Å². The van der Waals surface area contributed by atoms with E-state index in [1.54, 1.807) is 6.07 Å². The van der Waals surface area contributed by atoms with Gasteiger partial charge in [0.05, 0.1) is 5.75 Å².